The van der Waals surface area contributed by atoms with E-state index >= 15 is 0 Å². The molecule has 0 spiro atoms. The Balaban J connectivity index is 1.29. The monoisotopic (exact) mass is 446 g/mol. The number of nitrogens with zero attached hydrogens (tertiary/aromatic N) is 3. The molecule has 0 radical (unpaired) electrons. The van der Waals surface area contributed by atoms with Crippen LogP contribution in [0.3, 0.4) is 0 Å². The average Bonchev–Trinajstić information content (AvgIpc) is 3.22. The first-order valence-electron chi connectivity index (χ1n) is 11.5. The molecule has 0 aliphatic heterocycles. The van der Waals surface area contributed by atoms with Gasteiger partial charge in [-0.05, 0) is 47.5 Å². The number of hydrogen-bond acceptors (Lipinski definition) is 3. The molecule has 0 fully saturated rings. The summed E-state index contributed by atoms with van der Waals surface area (Å²) >= 11 is 0. The van der Waals surface area contributed by atoms with Crippen molar-refractivity contribution in [3.05, 3.63) is 131 Å². The highest BCUT2D eigenvalue weighted by Gasteiger charge is 2.12. The van der Waals surface area contributed by atoms with Crippen LogP contribution in [-0.2, 0) is 19.4 Å². The number of fused-ring (bicyclic) bond motifs is 1. The van der Waals surface area contributed by atoms with Gasteiger partial charge in [0.2, 0.25) is 0 Å². The third-order valence-corrected chi connectivity index (χ3v) is 5.89. The Labute approximate surface area is 199 Å². The second kappa shape index (κ2) is 10.1. The van der Waals surface area contributed by atoms with Crippen LogP contribution in [0.2, 0.25) is 0 Å². The number of imidazole rings is 1. The van der Waals surface area contributed by atoms with Gasteiger partial charge in [0.1, 0.15) is 5.82 Å². The van der Waals surface area contributed by atoms with E-state index < -0.39 is 0 Å². The fourth-order valence-electron chi connectivity index (χ4n) is 4.11. The molecule has 0 aliphatic carbocycles. The molecule has 0 atom stereocenters. The lowest BCUT2D eigenvalue weighted by Gasteiger charge is -2.11. The summed E-state index contributed by atoms with van der Waals surface area (Å²) in [5, 5.41) is 2.98. The minimum Gasteiger partial charge on any atom is -0.352 e. The van der Waals surface area contributed by atoms with Crippen molar-refractivity contribution in [1.82, 2.24) is 19.9 Å². The van der Waals surface area contributed by atoms with Crippen molar-refractivity contribution >= 4 is 16.9 Å². The second-order valence-corrected chi connectivity index (χ2v) is 8.29. The van der Waals surface area contributed by atoms with Gasteiger partial charge in [0, 0.05) is 43.4 Å². The van der Waals surface area contributed by atoms with Crippen molar-refractivity contribution in [1.29, 1.82) is 0 Å². The Kier molecular flexibility index (Phi) is 6.43. The first kappa shape index (κ1) is 21.6. The number of para-hydroxylation sites is 2. The molecule has 1 N–H and O–H groups in total. The molecule has 1 amide bonds. The molecule has 5 aromatic rings. The van der Waals surface area contributed by atoms with Crippen LogP contribution in [0.5, 0.6) is 0 Å². The third kappa shape index (κ3) is 5.04. The summed E-state index contributed by atoms with van der Waals surface area (Å²) < 4.78 is 2.27. The zero-order valence-electron chi connectivity index (χ0n) is 18.9. The Morgan fingerprint density at radius 1 is 0.794 bits per heavy atom. The maximum atomic E-state index is 12.5. The van der Waals surface area contributed by atoms with E-state index in [0.717, 1.165) is 34.5 Å². The zero-order chi connectivity index (χ0) is 23.2. The number of carbonyl (C=O) groups is 1. The molecule has 5 nitrogen and oxygen atoms in total. The summed E-state index contributed by atoms with van der Waals surface area (Å²) in [5.41, 5.74) is 6.10. The minimum atomic E-state index is -0.0691. The standard InChI is InChI=1S/C29H26N4O/c34-29(31-19-17-25-10-6-7-18-30-25)24-15-13-23(14-16-24)21-33-27-12-5-4-11-26(27)32-28(33)20-22-8-2-1-3-9-22/h1-16,18H,17,19-21H2,(H,31,34). The fraction of sp³-hybridized carbons (Fsp3) is 0.138. The Morgan fingerprint density at radius 3 is 2.35 bits per heavy atom. The van der Waals surface area contributed by atoms with Crippen molar-refractivity contribution in [2.45, 2.75) is 19.4 Å². The van der Waals surface area contributed by atoms with Crippen molar-refractivity contribution in [3.8, 4) is 0 Å². The second-order valence-electron chi connectivity index (χ2n) is 8.29. The van der Waals surface area contributed by atoms with Gasteiger partial charge < -0.3 is 9.88 Å². The highest BCUT2D eigenvalue weighted by Crippen LogP contribution is 2.20. The van der Waals surface area contributed by atoms with Gasteiger partial charge >= 0.3 is 0 Å². The highest BCUT2D eigenvalue weighted by molar-refractivity contribution is 5.94. The van der Waals surface area contributed by atoms with Gasteiger partial charge in [0.25, 0.3) is 5.91 Å². The number of carbonyl (C=O) groups excluding carboxylic acids is 1. The molecule has 34 heavy (non-hydrogen) atoms. The number of hydrogen-bond donors (Lipinski definition) is 1. The summed E-state index contributed by atoms with van der Waals surface area (Å²) in [6.45, 7) is 1.26. The molecule has 3 aromatic carbocycles. The quantitative estimate of drug-likeness (QED) is 0.363. The normalized spacial score (nSPS) is 10.9. The van der Waals surface area contributed by atoms with Crippen LogP contribution < -0.4 is 5.32 Å². The lowest BCUT2D eigenvalue weighted by atomic mass is 10.1. The maximum Gasteiger partial charge on any atom is 0.251 e. The van der Waals surface area contributed by atoms with Gasteiger partial charge in [-0.15, -0.1) is 0 Å². The van der Waals surface area contributed by atoms with Crippen LogP contribution in [0.4, 0.5) is 0 Å². The molecule has 0 saturated heterocycles. The van der Waals surface area contributed by atoms with Gasteiger partial charge in [-0.1, -0.05) is 60.7 Å². The van der Waals surface area contributed by atoms with Gasteiger partial charge in [-0.3, -0.25) is 9.78 Å². The van der Waals surface area contributed by atoms with Crippen molar-refractivity contribution in [2.24, 2.45) is 0 Å². The van der Waals surface area contributed by atoms with Crippen LogP contribution in [0.15, 0.2) is 103 Å². The summed E-state index contributed by atoms with van der Waals surface area (Å²) in [4.78, 5) is 21.7. The number of aromatic nitrogens is 3. The van der Waals surface area contributed by atoms with Gasteiger partial charge in [0.15, 0.2) is 0 Å². The fourth-order valence-corrected chi connectivity index (χ4v) is 4.11. The van der Waals surface area contributed by atoms with E-state index in [1.54, 1.807) is 6.20 Å². The molecule has 5 rings (SSSR count). The smallest absolute Gasteiger partial charge is 0.251 e. The molecule has 0 saturated carbocycles. The Hall–Kier alpha value is -4.25. The molecular formula is C29H26N4O. The van der Waals surface area contributed by atoms with Crippen molar-refractivity contribution in [3.63, 3.8) is 0 Å². The van der Waals surface area contributed by atoms with E-state index in [-0.39, 0.29) is 5.91 Å². The SMILES string of the molecule is O=C(NCCc1ccccn1)c1ccc(Cn2c(Cc3ccccc3)nc3ccccc32)cc1. The topological polar surface area (TPSA) is 59.8 Å². The van der Waals surface area contributed by atoms with Gasteiger partial charge in [-0.2, -0.15) is 0 Å². The lowest BCUT2D eigenvalue weighted by Crippen LogP contribution is -2.25. The lowest BCUT2D eigenvalue weighted by molar-refractivity contribution is 0.0954. The maximum absolute atomic E-state index is 12.5. The number of nitrogens with one attached hydrogen (secondary N) is 1. The Morgan fingerprint density at radius 2 is 1.56 bits per heavy atom. The average molecular weight is 447 g/mol. The molecule has 2 heterocycles. The molecular weight excluding hydrogens is 420 g/mol. The van der Waals surface area contributed by atoms with Gasteiger partial charge in [0.05, 0.1) is 11.0 Å². The molecule has 0 bridgehead atoms. The first-order valence-corrected chi connectivity index (χ1v) is 11.5. The van der Waals surface area contributed by atoms with Crippen LogP contribution in [0.25, 0.3) is 11.0 Å². The molecule has 2 aromatic heterocycles. The van der Waals surface area contributed by atoms with Crippen LogP contribution >= 0.6 is 0 Å². The molecule has 0 aliphatic rings. The number of benzene rings is 3. The number of pyridine rings is 1. The first-order chi connectivity index (χ1) is 16.8. The Bertz CT molecular complexity index is 1380. The van der Waals surface area contributed by atoms with E-state index in [9.17, 15) is 4.79 Å². The summed E-state index contributed by atoms with van der Waals surface area (Å²) in [6.07, 6.45) is 3.25. The van der Waals surface area contributed by atoms with Crippen LogP contribution in [-0.4, -0.2) is 27.0 Å². The largest absolute Gasteiger partial charge is 0.352 e. The van der Waals surface area contributed by atoms with E-state index in [1.165, 1.54) is 5.56 Å². The minimum absolute atomic E-state index is 0.0691. The molecule has 0 unspecified atom stereocenters. The van der Waals surface area contributed by atoms with E-state index in [2.05, 4.69) is 51.3 Å². The summed E-state index contributed by atoms with van der Waals surface area (Å²) in [6, 6.07) is 32.3. The van der Waals surface area contributed by atoms with Crippen LogP contribution in [0, 0.1) is 0 Å². The molecule has 168 valence electrons. The predicted molar refractivity (Wildman–Crippen MR) is 135 cm³/mol. The van der Waals surface area contributed by atoms with Gasteiger partial charge in [-0.25, -0.2) is 4.98 Å². The molecule has 5 heteroatoms. The van der Waals surface area contributed by atoms with Crippen molar-refractivity contribution in [2.75, 3.05) is 6.54 Å². The number of amides is 1. The zero-order valence-corrected chi connectivity index (χ0v) is 18.9. The van der Waals surface area contributed by atoms with E-state index in [4.69, 9.17) is 4.98 Å². The van der Waals surface area contributed by atoms with E-state index in [0.29, 0.717) is 25.1 Å². The third-order valence-electron chi connectivity index (χ3n) is 5.89. The summed E-state index contributed by atoms with van der Waals surface area (Å²) in [7, 11) is 0. The highest BCUT2D eigenvalue weighted by atomic mass is 16.1. The predicted octanol–water partition coefficient (Wildman–Crippen LogP) is 5.04. The summed E-state index contributed by atoms with van der Waals surface area (Å²) in [5.74, 6) is 0.962. The van der Waals surface area contributed by atoms with E-state index in [1.807, 2.05) is 60.7 Å². The van der Waals surface area contributed by atoms with Crippen molar-refractivity contribution < 1.29 is 4.79 Å². The number of rotatable bonds is 8. The van der Waals surface area contributed by atoms with Crippen LogP contribution in [0.1, 0.15) is 33.0 Å².